The number of furan rings is 1. The fraction of sp³-hybridized carbons (Fsp3) is 0.294. The van der Waals surface area contributed by atoms with E-state index in [1.165, 1.54) is 0 Å². The number of nitrogens with one attached hydrogen (secondary N) is 1. The summed E-state index contributed by atoms with van der Waals surface area (Å²) in [7, 11) is 0. The Morgan fingerprint density at radius 2 is 2.05 bits per heavy atom. The van der Waals surface area contributed by atoms with E-state index in [1.54, 1.807) is 17.2 Å². The number of hydrogen-bond donors (Lipinski definition) is 1. The van der Waals surface area contributed by atoms with Crippen LogP contribution in [-0.2, 0) is 22.7 Å². The monoisotopic (exact) mass is 298 g/mol. The molecule has 1 saturated heterocycles. The van der Waals surface area contributed by atoms with Crippen LogP contribution in [0, 0.1) is 0 Å². The molecule has 0 spiro atoms. The summed E-state index contributed by atoms with van der Waals surface area (Å²) in [6.07, 6.45) is 2.53. The zero-order valence-corrected chi connectivity index (χ0v) is 12.2. The van der Waals surface area contributed by atoms with Crippen LogP contribution in [-0.4, -0.2) is 22.8 Å². The first-order valence-electron chi connectivity index (χ1n) is 7.37. The molecule has 1 aromatic heterocycles. The second-order valence-electron chi connectivity index (χ2n) is 5.36. The summed E-state index contributed by atoms with van der Waals surface area (Å²) in [5.41, 5.74) is 1.04. The summed E-state index contributed by atoms with van der Waals surface area (Å²) in [6, 6.07) is 12.9. The number of amides is 2. The van der Waals surface area contributed by atoms with E-state index in [9.17, 15) is 9.59 Å². The van der Waals surface area contributed by atoms with E-state index in [-0.39, 0.29) is 11.8 Å². The van der Waals surface area contributed by atoms with E-state index in [4.69, 9.17) is 4.42 Å². The van der Waals surface area contributed by atoms with Crippen molar-refractivity contribution >= 4 is 11.8 Å². The van der Waals surface area contributed by atoms with Crippen molar-refractivity contribution in [2.75, 3.05) is 0 Å². The SMILES string of the molecule is O=C(NCc1ccccc1)C1CCC(=O)N1Cc1ccco1. The van der Waals surface area contributed by atoms with Crippen LogP contribution in [0.4, 0.5) is 0 Å². The molecule has 5 nitrogen and oxygen atoms in total. The van der Waals surface area contributed by atoms with Gasteiger partial charge in [-0.2, -0.15) is 0 Å². The van der Waals surface area contributed by atoms with Crippen molar-refractivity contribution in [3.63, 3.8) is 0 Å². The molecule has 22 heavy (non-hydrogen) atoms. The summed E-state index contributed by atoms with van der Waals surface area (Å²) in [5, 5.41) is 2.91. The molecule has 0 aliphatic carbocycles. The van der Waals surface area contributed by atoms with Crippen LogP contribution < -0.4 is 5.32 Å². The summed E-state index contributed by atoms with van der Waals surface area (Å²) < 4.78 is 5.28. The third-order valence-corrected chi connectivity index (χ3v) is 3.85. The van der Waals surface area contributed by atoms with Crippen LogP contribution in [0.3, 0.4) is 0 Å². The van der Waals surface area contributed by atoms with Gasteiger partial charge >= 0.3 is 0 Å². The molecule has 1 unspecified atom stereocenters. The topological polar surface area (TPSA) is 62.6 Å². The lowest BCUT2D eigenvalue weighted by Crippen LogP contribution is -2.44. The zero-order chi connectivity index (χ0) is 15.4. The maximum atomic E-state index is 12.4. The molecular weight excluding hydrogens is 280 g/mol. The van der Waals surface area contributed by atoms with Crippen LogP contribution >= 0.6 is 0 Å². The smallest absolute Gasteiger partial charge is 0.243 e. The molecule has 1 aromatic carbocycles. The molecule has 2 aromatic rings. The van der Waals surface area contributed by atoms with Gasteiger partial charge in [0, 0.05) is 13.0 Å². The van der Waals surface area contributed by atoms with E-state index in [0.29, 0.717) is 31.7 Å². The summed E-state index contributed by atoms with van der Waals surface area (Å²) in [4.78, 5) is 26.0. The maximum absolute atomic E-state index is 12.4. The Bertz CT molecular complexity index is 637. The molecule has 0 saturated carbocycles. The molecule has 1 atom stereocenters. The predicted molar refractivity (Wildman–Crippen MR) is 80.6 cm³/mol. The van der Waals surface area contributed by atoms with E-state index in [0.717, 1.165) is 5.56 Å². The third kappa shape index (κ3) is 3.19. The fourth-order valence-corrected chi connectivity index (χ4v) is 2.68. The number of benzene rings is 1. The van der Waals surface area contributed by atoms with Gasteiger partial charge in [-0.25, -0.2) is 0 Å². The van der Waals surface area contributed by atoms with Crippen molar-refractivity contribution in [2.24, 2.45) is 0 Å². The molecule has 1 fully saturated rings. The van der Waals surface area contributed by atoms with Crippen molar-refractivity contribution in [3.05, 3.63) is 60.1 Å². The average Bonchev–Trinajstić information content (AvgIpc) is 3.17. The molecule has 114 valence electrons. The standard InChI is InChI=1S/C17H18N2O3/c20-16-9-8-15(19(16)12-14-7-4-10-22-14)17(21)18-11-13-5-2-1-3-6-13/h1-7,10,15H,8-9,11-12H2,(H,18,21). The average molecular weight is 298 g/mol. The van der Waals surface area contributed by atoms with Crippen molar-refractivity contribution in [3.8, 4) is 0 Å². The van der Waals surface area contributed by atoms with Crippen molar-refractivity contribution in [1.82, 2.24) is 10.2 Å². The van der Waals surface area contributed by atoms with Gasteiger partial charge in [-0.3, -0.25) is 9.59 Å². The van der Waals surface area contributed by atoms with Gasteiger partial charge in [0.15, 0.2) is 0 Å². The second kappa shape index (κ2) is 6.47. The van der Waals surface area contributed by atoms with Gasteiger partial charge in [0.05, 0.1) is 12.8 Å². The molecule has 2 amide bonds. The third-order valence-electron chi connectivity index (χ3n) is 3.85. The van der Waals surface area contributed by atoms with Crippen molar-refractivity contribution < 1.29 is 14.0 Å². The Labute approximate surface area is 128 Å². The molecule has 1 aliphatic heterocycles. The molecule has 0 radical (unpaired) electrons. The second-order valence-corrected chi connectivity index (χ2v) is 5.36. The Morgan fingerprint density at radius 1 is 1.23 bits per heavy atom. The molecule has 1 N–H and O–H groups in total. The normalized spacial score (nSPS) is 17.7. The fourth-order valence-electron chi connectivity index (χ4n) is 2.68. The number of likely N-dealkylation sites (tertiary alicyclic amines) is 1. The first-order chi connectivity index (χ1) is 10.7. The Balaban J connectivity index is 1.61. The number of carbonyl (C=O) groups excluding carboxylic acids is 2. The number of rotatable bonds is 5. The Hall–Kier alpha value is -2.56. The minimum absolute atomic E-state index is 0.00346. The van der Waals surface area contributed by atoms with Crippen LogP contribution in [0.2, 0.25) is 0 Å². The summed E-state index contributed by atoms with van der Waals surface area (Å²) in [5.74, 6) is 0.577. The summed E-state index contributed by atoms with van der Waals surface area (Å²) in [6.45, 7) is 0.814. The highest BCUT2D eigenvalue weighted by atomic mass is 16.3. The quantitative estimate of drug-likeness (QED) is 0.919. The van der Waals surface area contributed by atoms with Crippen molar-refractivity contribution in [1.29, 1.82) is 0 Å². The van der Waals surface area contributed by atoms with Crippen LogP contribution in [0.1, 0.15) is 24.2 Å². The van der Waals surface area contributed by atoms with Gasteiger partial charge in [-0.05, 0) is 24.1 Å². The number of carbonyl (C=O) groups is 2. The van der Waals surface area contributed by atoms with Gasteiger partial charge in [-0.1, -0.05) is 30.3 Å². The minimum atomic E-state index is -0.415. The number of nitrogens with zero attached hydrogens (tertiary/aromatic N) is 1. The number of hydrogen-bond acceptors (Lipinski definition) is 3. The van der Waals surface area contributed by atoms with E-state index >= 15 is 0 Å². The first kappa shape index (κ1) is 14.4. The lowest BCUT2D eigenvalue weighted by Gasteiger charge is -2.23. The van der Waals surface area contributed by atoms with E-state index in [2.05, 4.69) is 5.32 Å². The molecule has 1 aliphatic rings. The Morgan fingerprint density at radius 3 is 2.77 bits per heavy atom. The summed E-state index contributed by atoms with van der Waals surface area (Å²) >= 11 is 0. The first-order valence-corrected chi connectivity index (χ1v) is 7.37. The van der Waals surface area contributed by atoms with E-state index in [1.807, 2.05) is 36.4 Å². The van der Waals surface area contributed by atoms with Crippen LogP contribution in [0.15, 0.2) is 53.1 Å². The highest BCUT2D eigenvalue weighted by molar-refractivity contribution is 5.90. The lowest BCUT2D eigenvalue weighted by molar-refractivity contribution is -0.136. The molecule has 2 heterocycles. The molecule has 3 rings (SSSR count). The highest BCUT2D eigenvalue weighted by Crippen LogP contribution is 2.22. The molecule has 0 bridgehead atoms. The van der Waals surface area contributed by atoms with Crippen LogP contribution in [0.25, 0.3) is 0 Å². The molecular formula is C17H18N2O3. The lowest BCUT2D eigenvalue weighted by atomic mass is 10.2. The zero-order valence-electron chi connectivity index (χ0n) is 12.2. The van der Waals surface area contributed by atoms with E-state index < -0.39 is 6.04 Å². The molecule has 5 heteroatoms. The minimum Gasteiger partial charge on any atom is -0.467 e. The largest absolute Gasteiger partial charge is 0.467 e. The van der Waals surface area contributed by atoms with Gasteiger partial charge < -0.3 is 14.6 Å². The maximum Gasteiger partial charge on any atom is 0.243 e. The van der Waals surface area contributed by atoms with Gasteiger partial charge in [0.1, 0.15) is 11.8 Å². The van der Waals surface area contributed by atoms with Crippen LogP contribution in [0.5, 0.6) is 0 Å². The van der Waals surface area contributed by atoms with Gasteiger partial charge in [0.2, 0.25) is 11.8 Å². The van der Waals surface area contributed by atoms with Crippen molar-refractivity contribution in [2.45, 2.75) is 32.0 Å². The highest BCUT2D eigenvalue weighted by Gasteiger charge is 2.36. The Kier molecular flexibility index (Phi) is 4.23. The van der Waals surface area contributed by atoms with Gasteiger partial charge in [-0.15, -0.1) is 0 Å². The van der Waals surface area contributed by atoms with Gasteiger partial charge in [0.25, 0.3) is 0 Å². The predicted octanol–water partition coefficient (Wildman–Crippen LogP) is 2.09.